The number of benzene rings is 1. The Labute approximate surface area is 183 Å². The van der Waals surface area contributed by atoms with Gasteiger partial charge in [-0.25, -0.2) is 0 Å². The molecule has 1 saturated heterocycles. The zero-order chi connectivity index (χ0) is 18.8. The monoisotopic (exact) mass is 487 g/mol. The van der Waals surface area contributed by atoms with E-state index in [9.17, 15) is 0 Å². The van der Waals surface area contributed by atoms with E-state index in [2.05, 4.69) is 72.2 Å². The van der Waals surface area contributed by atoms with E-state index in [-0.39, 0.29) is 24.0 Å². The molecule has 154 valence electrons. The summed E-state index contributed by atoms with van der Waals surface area (Å²) >= 11 is 0. The molecular weight excluding hydrogens is 449 g/mol. The summed E-state index contributed by atoms with van der Waals surface area (Å²) in [7, 11) is 4.35. The molecule has 1 aromatic carbocycles. The van der Waals surface area contributed by atoms with Crippen LogP contribution < -0.4 is 5.32 Å². The molecule has 2 rings (SSSR count). The first-order valence-corrected chi connectivity index (χ1v) is 10.0. The van der Waals surface area contributed by atoms with E-state index < -0.39 is 0 Å². The van der Waals surface area contributed by atoms with Crippen molar-refractivity contribution < 1.29 is 0 Å². The SMILES string of the molecule is CCNC(=NCCCN1CCCN(C)CC1)N(C)Cc1ccccc1C.I. The number of rotatable bonds is 7. The molecule has 5 nitrogen and oxygen atoms in total. The van der Waals surface area contributed by atoms with Gasteiger partial charge in [-0.15, -0.1) is 24.0 Å². The van der Waals surface area contributed by atoms with E-state index >= 15 is 0 Å². The zero-order valence-electron chi connectivity index (χ0n) is 17.6. The molecule has 0 spiro atoms. The fourth-order valence-electron chi connectivity index (χ4n) is 3.39. The van der Waals surface area contributed by atoms with Crippen LogP contribution >= 0.6 is 24.0 Å². The summed E-state index contributed by atoms with van der Waals surface area (Å²) in [5.41, 5.74) is 2.69. The van der Waals surface area contributed by atoms with Crippen molar-refractivity contribution in [3.8, 4) is 0 Å². The highest BCUT2D eigenvalue weighted by atomic mass is 127. The second kappa shape index (κ2) is 13.3. The Morgan fingerprint density at radius 3 is 2.70 bits per heavy atom. The van der Waals surface area contributed by atoms with Crippen LogP contribution in [0.3, 0.4) is 0 Å². The number of aliphatic imine (C=N–C) groups is 1. The van der Waals surface area contributed by atoms with Gasteiger partial charge in [0.15, 0.2) is 5.96 Å². The van der Waals surface area contributed by atoms with Crippen molar-refractivity contribution in [1.29, 1.82) is 0 Å². The molecule has 1 fully saturated rings. The lowest BCUT2D eigenvalue weighted by atomic mass is 10.1. The third-order valence-electron chi connectivity index (χ3n) is 5.07. The number of likely N-dealkylation sites (N-methyl/N-ethyl adjacent to an activating group) is 1. The fourth-order valence-corrected chi connectivity index (χ4v) is 3.39. The van der Waals surface area contributed by atoms with E-state index in [0.29, 0.717) is 0 Å². The highest BCUT2D eigenvalue weighted by Gasteiger charge is 2.11. The highest BCUT2D eigenvalue weighted by Crippen LogP contribution is 2.09. The summed E-state index contributed by atoms with van der Waals surface area (Å²) in [5, 5.41) is 3.43. The van der Waals surface area contributed by atoms with E-state index in [1.54, 1.807) is 0 Å². The molecule has 0 unspecified atom stereocenters. The van der Waals surface area contributed by atoms with Gasteiger partial charge in [-0.3, -0.25) is 4.99 Å². The van der Waals surface area contributed by atoms with Crippen LogP contribution in [0.4, 0.5) is 0 Å². The third-order valence-corrected chi connectivity index (χ3v) is 5.07. The van der Waals surface area contributed by atoms with Crippen LogP contribution in [-0.4, -0.2) is 80.6 Å². The minimum Gasteiger partial charge on any atom is -0.357 e. The third kappa shape index (κ3) is 8.79. The van der Waals surface area contributed by atoms with E-state index in [0.717, 1.165) is 38.6 Å². The number of hydrogen-bond donors (Lipinski definition) is 1. The Balaban J connectivity index is 0.00000364. The van der Waals surface area contributed by atoms with Gasteiger partial charge in [0.2, 0.25) is 0 Å². The normalized spacial score (nSPS) is 16.5. The molecule has 0 amide bonds. The molecule has 1 aliphatic heterocycles. The first-order chi connectivity index (χ1) is 12.6. The van der Waals surface area contributed by atoms with Crippen molar-refractivity contribution in [3.63, 3.8) is 0 Å². The van der Waals surface area contributed by atoms with Crippen LogP contribution in [0.1, 0.15) is 30.9 Å². The van der Waals surface area contributed by atoms with Crippen LogP contribution in [0.25, 0.3) is 0 Å². The summed E-state index contributed by atoms with van der Waals surface area (Å²) in [6.45, 7) is 12.9. The Morgan fingerprint density at radius 1 is 1.19 bits per heavy atom. The average molecular weight is 487 g/mol. The van der Waals surface area contributed by atoms with Gasteiger partial charge < -0.3 is 20.0 Å². The number of guanidine groups is 1. The molecule has 1 heterocycles. The Morgan fingerprint density at radius 2 is 1.96 bits per heavy atom. The molecule has 6 heteroatoms. The zero-order valence-corrected chi connectivity index (χ0v) is 19.9. The number of nitrogens with one attached hydrogen (secondary N) is 1. The maximum absolute atomic E-state index is 4.86. The predicted molar refractivity (Wildman–Crippen MR) is 127 cm³/mol. The number of aryl methyl sites for hydroxylation is 1. The van der Waals surface area contributed by atoms with E-state index in [1.165, 1.54) is 43.7 Å². The molecule has 0 aliphatic carbocycles. The lowest BCUT2D eigenvalue weighted by Gasteiger charge is -2.23. The van der Waals surface area contributed by atoms with Crippen LogP contribution in [0.5, 0.6) is 0 Å². The Kier molecular flexibility index (Phi) is 11.9. The van der Waals surface area contributed by atoms with Crippen molar-refractivity contribution in [2.75, 3.05) is 59.9 Å². The van der Waals surface area contributed by atoms with Crippen molar-refractivity contribution in [2.45, 2.75) is 33.2 Å². The van der Waals surface area contributed by atoms with Gasteiger partial charge in [0.25, 0.3) is 0 Å². The second-order valence-corrected chi connectivity index (χ2v) is 7.37. The van der Waals surface area contributed by atoms with Crippen molar-refractivity contribution in [1.82, 2.24) is 20.0 Å². The van der Waals surface area contributed by atoms with Crippen LogP contribution in [0, 0.1) is 6.92 Å². The number of nitrogens with zero attached hydrogens (tertiary/aromatic N) is 4. The topological polar surface area (TPSA) is 34.1 Å². The van der Waals surface area contributed by atoms with Crippen LogP contribution in [-0.2, 0) is 6.54 Å². The summed E-state index contributed by atoms with van der Waals surface area (Å²) < 4.78 is 0. The minimum atomic E-state index is 0. The van der Waals surface area contributed by atoms with E-state index in [1.807, 2.05) is 0 Å². The first kappa shape index (κ1) is 24.2. The van der Waals surface area contributed by atoms with Gasteiger partial charge in [0, 0.05) is 39.8 Å². The summed E-state index contributed by atoms with van der Waals surface area (Å²) in [6.07, 6.45) is 2.40. The fraction of sp³-hybridized carbons (Fsp3) is 0.667. The smallest absolute Gasteiger partial charge is 0.193 e. The standard InChI is InChI=1S/C21H37N5.HI/c1-5-22-21(25(4)18-20-11-7-6-10-19(20)2)23-12-8-14-26-15-9-13-24(3)16-17-26;/h6-7,10-11H,5,8-9,12-18H2,1-4H3,(H,22,23);1H. The summed E-state index contributed by atoms with van der Waals surface area (Å²) in [4.78, 5) is 12.1. The molecule has 0 radical (unpaired) electrons. The summed E-state index contributed by atoms with van der Waals surface area (Å²) in [6, 6.07) is 8.58. The minimum absolute atomic E-state index is 0. The quantitative estimate of drug-likeness (QED) is 0.278. The van der Waals surface area contributed by atoms with Gasteiger partial charge in [0.05, 0.1) is 0 Å². The molecule has 0 bridgehead atoms. The van der Waals surface area contributed by atoms with Crippen LogP contribution in [0.15, 0.2) is 29.3 Å². The number of hydrogen-bond acceptors (Lipinski definition) is 3. The first-order valence-electron chi connectivity index (χ1n) is 10.0. The number of halogens is 1. The molecule has 1 aliphatic rings. The molecule has 1 aromatic rings. The van der Waals surface area contributed by atoms with Gasteiger partial charge in [-0.1, -0.05) is 24.3 Å². The van der Waals surface area contributed by atoms with Gasteiger partial charge >= 0.3 is 0 Å². The highest BCUT2D eigenvalue weighted by molar-refractivity contribution is 14.0. The summed E-state index contributed by atoms with van der Waals surface area (Å²) in [5.74, 6) is 1.01. The van der Waals surface area contributed by atoms with Gasteiger partial charge in [0.1, 0.15) is 0 Å². The van der Waals surface area contributed by atoms with Crippen molar-refractivity contribution in [3.05, 3.63) is 35.4 Å². The molecular formula is C21H38IN5. The van der Waals surface area contributed by atoms with Crippen molar-refractivity contribution in [2.24, 2.45) is 4.99 Å². The molecule has 0 saturated carbocycles. The molecule has 27 heavy (non-hydrogen) atoms. The predicted octanol–water partition coefficient (Wildman–Crippen LogP) is 3.04. The van der Waals surface area contributed by atoms with Gasteiger partial charge in [-0.2, -0.15) is 0 Å². The lowest BCUT2D eigenvalue weighted by Crippen LogP contribution is -2.38. The van der Waals surface area contributed by atoms with Crippen molar-refractivity contribution >= 4 is 29.9 Å². The molecule has 0 atom stereocenters. The molecule has 1 N–H and O–H groups in total. The van der Waals surface area contributed by atoms with Gasteiger partial charge in [-0.05, 0) is 64.5 Å². The Bertz CT molecular complexity index is 563. The maximum atomic E-state index is 4.86. The largest absolute Gasteiger partial charge is 0.357 e. The average Bonchev–Trinajstić information content (AvgIpc) is 2.84. The maximum Gasteiger partial charge on any atom is 0.193 e. The second-order valence-electron chi connectivity index (χ2n) is 7.37. The van der Waals surface area contributed by atoms with Crippen LogP contribution in [0.2, 0.25) is 0 Å². The van der Waals surface area contributed by atoms with E-state index in [4.69, 9.17) is 4.99 Å². The Hall–Kier alpha value is -0.860. The lowest BCUT2D eigenvalue weighted by molar-refractivity contribution is 0.275. The molecule has 0 aromatic heterocycles.